The molecule has 0 spiro atoms. The van der Waals surface area contributed by atoms with E-state index in [1.165, 1.54) is 7.11 Å². The number of hydrogen-bond donors (Lipinski definition) is 2. The molecule has 1 amide bonds. The molecule has 6 nitrogen and oxygen atoms in total. The van der Waals surface area contributed by atoms with Crippen molar-refractivity contribution in [1.82, 2.24) is 5.32 Å². The van der Waals surface area contributed by atoms with Crippen LogP contribution in [0.3, 0.4) is 0 Å². The van der Waals surface area contributed by atoms with Gasteiger partial charge in [0, 0.05) is 32.2 Å². The zero-order valence-electron chi connectivity index (χ0n) is 13.4. The quantitative estimate of drug-likeness (QED) is 0.709. The highest BCUT2D eigenvalue weighted by atomic mass is 16.5. The van der Waals surface area contributed by atoms with E-state index >= 15 is 0 Å². The smallest absolute Gasteiger partial charge is 0.310 e. The van der Waals surface area contributed by atoms with Crippen molar-refractivity contribution in [3.63, 3.8) is 0 Å². The van der Waals surface area contributed by atoms with Crippen LogP contribution in [0.1, 0.15) is 38.5 Å². The Labute approximate surface area is 132 Å². The summed E-state index contributed by atoms with van der Waals surface area (Å²) in [5, 5.41) is 2.91. The molecule has 2 rings (SSSR count). The van der Waals surface area contributed by atoms with Gasteiger partial charge in [-0.3, -0.25) is 9.59 Å². The number of ether oxygens (including phenoxy) is 2. The van der Waals surface area contributed by atoms with Gasteiger partial charge >= 0.3 is 5.97 Å². The number of methoxy groups -OCH3 is 1. The van der Waals surface area contributed by atoms with Gasteiger partial charge in [0.25, 0.3) is 0 Å². The number of carbonyl (C=O) groups is 2. The molecule has 0 radical (unpaired) electrons. The second-order valence-corrected chi connectivity index (χ2v) is 6.44. The van der Waals surface area contributed by atoms with E-state index in [9.17, 15) is 9.59 Å². The van der Waals surface area contributed by atoms with E-state index < -0.39 is 0 Å². The minimum absolute atomic E-state index is 0.0108. The summed E-state index contributed by atoms with van der Waals surface area (Å²) in [4.78, 5) is 24.1. The zero-order chi connectivity index (χ0) is 15.9. The number of rotatable bonds is 6. The molecule has 0 aromatic heterocycles. The molecule has 22 heavy (non-hydrogen) atoms. The Bertz CT molecular complexity index is 382. The van der Waals surface area contributed by atoms with Gasteiger partial charge in [0.2, 0.25) is 5.91 Å². The molecule has 3 atom stereocenters. The van der Waals surface area contributed by atoms with Crippen LogP contribution in [0.25, 0.3) is 0 Å². The van der Waals surface area contributed by atoms with E-state index in [2.05, 4.69) is 5.32 Å². The molecule has 126 valence electrons. The first-order valence-corrected chi connectivity index (χ1v) is 8.29. The number of amides is 1. The van der Waals surface area contributed by atoms with Crippen molar-refractivity contribution in [3.05, 3.63) is 0 Å². The van der Waals surface area contributed by atoms with Gasteiger partial charge in [-0.1, -0.05) is 6.42 Å². The van der Waals surface area contributed by atoms with E-state index in [4.69, 9.17) is 15.2 Å². The van der Waals surface area contributed by atoms with Crippen LogP contribution in [-0.2, 0) is 19.1 Å². The predicted molar refractivity (Wildman–Crippen MR) is 82.0 cm³/mol. The monoisotopic (exact) mass is 312 g/mol. The normalized spacial score (nSPS) is 27.4. The molecule has 1 unspecified atom stereocenters. The van der Waals surface area contributed by atoms with Gasteiger partial charge in [-0.25, -0.2) is 0 Å². The minimum Gasteiger partial charge on any atom is -0.469 e. The van der Waals surface area contributed by atoms with Crippen molar-refractivity contribution in [2.24, 2.45) is 23.5 Å². The fourth-order valence-corrected chi connectivity index (χ4v) is 3.57. The summed E-state index contributed by atoms with van der Waals surface area (Å²) in [6.45, 7) is 1.68. The first kappa shape index (κ1) is 17.2. The third-order valence-corrected chi connectivity index (χ3v) is 5.02. The molecule has 2 aliphatic rings. The predicted octanol–water partition coefficient (Wildman–Crippen LogP) is 0.836. The molecule has 1 aliphatic heterocycles. The van der Waals surface area contributed by atoms with Gasteiger partial charge < -0.3 is 20.5 Å². The van der Waals surface area contributed by atoms with Gasteiger partial charge in [-0.2, -0.15) is 0 Å². The molecule has 0 aromatic carbocycles. The summed E-state index contributed by atoms with van der Waals surface area (Å²) in [6.07, 6.45) is 5.26. The molecule has 1 aliphatic carbocycles. The lowest BCUT2D eigenvalue weighted by molar-refractivity contribution is -0.148. The summed E-state index contributed by atoms with van der Waals surface area (Å²) in [5.41, 5.74) is 6.00. The fourth-order valence-electron chi connectivity index (χ4n) is 3.57. The number of nitrogens with one attached hydrogen (secondary N) is 1. The lowest BCUT2D eigenvalue weighted by Gasteiger charge is -2.28. The summed E-state index contributed by atoms with van der Waals surface area (Å²) < 4.78 is 10.2. The molecular formula is C16H28N2O4. The van der Waals surface area contributed by atoms with Crippen LogP contribution in [0.4, 0.5) is 0 Å². The van der Waals surface area contributed by atoms with E-state index in [1.807, 2.05) is 0 Å². The second kappa shape index (κ2) is 8.48. The summed E-state index contributed by atoms with van der Waals surface area (Å²) in [7, 11) is 1.40. The first-order chi connectivity index (χ1) is 10.6. The van der Waals surface area contributed by atoms with Crippen LogP contribution in [-0.4, -0.2) is 44.8 Å². The highest BCUT2D eigenvalue weighted by Crippen LogP contribution is 2.27. The third-order valence-electron chi connectivity index (χ3n) is 5.02. The van der Waals surface area contributed by atoms with Crippen molar-refractivity contribution >= 4 is 11.9 Å². The van der Waals surface area contributed by atoms with E-state index in [0.717, 1.165) is 32.1 Å². The number of hydrogen-bond acceptors (Lipinski definition) is 5. The lowest BCUT2D eigenvalue weighted by atomic mass is 9.86. The number of esters is 1. The van der Waals surface area contributed by atoms with Crippen LogP contribution in [0.15, 0.2) is 0 Å². The maximum absolute atomic E-state index is 12.1. The topological polar surface area (TPSA) is 90.7 Å². The first-order valence-electron chi connectivity index (χ1n) is 8.29. The van der Waals surface area contributed by atoms with Crippen molar-refractivity contribution in [2.45, 2.75) is 44.6 Å². The molecule has 0 aromatic rings. The molecule has 1 saturated carbocycles. The van der Waals surface area contributed by atoms with Gasteiger partial charge in [-0.15, -0.1) is 0 Å². The van der Waals surface area contributed by atoms with Gasteiger partial charge in [0.15, 0.2) is 0 Å². The largest absolute Gasteiger partial charge is 0.469 e. The third kappa shape index (κ3) is 4.68. The van der Waals surface area contributed by atoms with Crippen molar-refractivity contribution in [3.8, 4) is 0 Å². The Morgan fingerprint density at radius 2 is 2.00 bits per heavy atom. The maximum atomic E-state index is 12.1. The van der Waals surface area contributed by atoms with Crippen LogP contribution >= 0.6 is 0 Å². The Morgan fingerprint density at radius 3 is 2.59 bits per heavy atom. The van der Waals surface area contributed by atoms with Crippen molar-refractivity contribution in [2.75, 3.05) is 26.9 Å². The van der Waals surface area contributed by atoms with E-state index in [1.54, 1.807) is 0 Å². The Hall–Kier alpha value is -1.14. The van der Waals surface area contributed by atoms with E-state index in [0.29, 0.717) is 26.2 Å². The lowest BCUT2D eigenvalue weighted by Crippen LogP contribution is -2.40. The maximum Gasteiger partial charge on any atom is 0.310 e. The van der Waals surface area contributed by atoms with Crippen molar-refractivity contribution < 1.29 is 19.1 Å². The molecule has 6 heteroatoms. The van der Waals surface area contributed by atoms with Gasteiger partial charge in [0.1, 0.15) is 0 Å². The highest BCUT2D eigenvalue weighted by molar-refractivity contribution is 5.78. The van der Waals surface area contributed by atoms with Crippen LogP contribution in [0.5, 0.6) is 0 Å². The SMILES string of the molecule is COC(=O)C(CNC(=O)C[C@@H]1CCC[C@H]1N)C1CCOCC1. The summed E-state index contributed by atoms with van der Waals surface area (Å²) >= 11 is 0. The molecule has 1 heterocycles. The van der Waals surface area contributed by atoms with Gasteiger partial charge in [-0.05, 0) is 37.5 Å². The van der Waals surface area contributed by atoms with Crippen LogP contribution in [0, 0.1) is 17.8 Å². The average Bonchev–Trinajstić information content (AvgIpc) is 2.93. The second-order valence-electron chi connectivity index (χ2n) is 6.44. The Morgan fingerprint density at radius 1 is 1.27 bits per heavy atom. The average molecular weight is 312 g/mol. The highest BCUT2D eigenvalue weighted by Gasteiger charge is 2.32. The molecule has 2 fully saturated rings. The minimum atomic E-state index is -0.282. The van der Waals surface area contributed by atoms with Crippen LogP contribution < -0.4 is 11.1 Å². The summed E-state index contributed by atoms with van der Waals surface area (Å²) in [6, 6.07) is 0.137. The standard InChI is InChI=1S/C16H28N2O4/c1-21-16(20)13(11-5-7-22-8-6-11)10-18-15(19)9-12-3-2-4-14(12)17/h11-14H,2-10,17H2,1H3,(H,18,19)/t12-,13?,14+/m0/s1. The Kier molecular flexibility index (Phi) is 6.64. The van der Waals surface area contributed by atoms with Crippen molar-refractivity contribution in [1.29, 1.82) is 0 Å². The number of nitrogens with two attached hydrogens (primary N) is 1. The molecule has 1 saturated heterocycles. The number of carbonyl (C=O) groups excluding carboxylic acids is 2. The zero-order valence-corrected chi connectivity index (χ0v) is 13.4. The molecule has 0 bridgehead atoms. The van der Waals surface area contributed by atoms with Crippen LogP contribution in [0.2, 0.25) is 0 Å². The van der Waals surface area contributed by atoms with E-state index in [-0.39, 0.29) is 35.7 Å². The summed E-state index contributed by atoms with van der Waals surface area (Å²) in [5.74, 6) is -0.0434. The van der Waals surface area contributed by atoms with Gasteiger partial charge in [0.05, 0.1) is 13.0 Å². The Balaban J connectivity index is 1.81. The molecule has 3 N–H and O–H groups in total. The fraction of sp³-hybridized carbons (Fsp3) is 0.875. The molecular weight excluding hydrogens is 284 g/mol.